The highest BCUT2D eigenvalue weighted by Crippen LogP contribution is 2.31. The van der Waals surface area contributed by atoms with E-state index in [1.54, 1.807) is 23.1 Å². The molecular formula is C20H16BrN5O3. The molecule has 4 rings (SSSR count). The van der Waals surface area contributed by atoms with E-state index in [0.717, 1.165) is 5.69 Å². The molecule has 0 saturated heterocycles. The summed E-state index contributed by atoms with van der Waals surface area (Å²) >= 11 is 3.32. The number of fused-ring (bicyclic) bond motifs is 1. The Morgan fingerprint density at radius 3 is 2.79 bits per heavy atom. The lowest BCUT2D eigenvalue weighted by molar-refractivity contribution is -0.384. The minimum atomic E-state index is -0.457. The first kappa shape index (κ1) is 19.0. The predicted molar refractivity (Wildman–Crippen MR) is 111 cm³/mol. The van der Waals surface area contributed by atoms with Crippen molar-refractivity contribution in [2.24, 2.45) is 0 Å². The Morgan fingerprint density at radius 1 is 1.28 bits per heavy atom. The molecule has 0 atom stereocenters. The SMILES string of the molecule is Cc1nn(-c2ccccn2)c2c1C(=O)/C(=C/Nc1ccc([N+](=O)[O-])cc1Br)CC2. The zero-order valence-electron chi connectivity index (χ0n) is 15.4. The van der Waals surface area contributed by atoms with Crippen molar-refractivity contribution in [3.63, 3.8) is 0 Å². The van der Waals surface area contributed by atoms with Crippen molar-refractivity contribution < 1.29 is 9.72 Å². The van der Waals surface area contributed by atoms with E-state index in [4.69, 9.17) is 0 Å². The highest BCUT2D eigenvalue weighted by molar-refractivity contribution is 9.10. The molecule has 9 heteroatoms. The van der Waals surface area contributed by atoms with Gasteiger partial charge in [-0.15, -0.1) is 0 Å². The number of nitrogens with one attached hydrogen (secondary N) is 1. The number of pyridine rings is 1. The van der Waals surface area contributed by atoms with Gasteiger partial charge in [0.05, 0.1) is 27.6 Å². The number of hydrogen-bond acceptors (Lipinski definition) is 6. The van der Waals surface area contributed by atoms with E-state index >= 15 is 0 Å². The maximum absolute atomic E-state index is 13.0. The van der Waals surface area contributed by atoms with Crippen LogP contribution in [-0.4, -0.2) is 25.5 Å². The highest BCUT2D eigenvalue weighted by Gasteiger charge is 2.29. The predicted octanol–water partition coefficient (Wildman–Crippen LogP) is 4.37. The number of nitrogens with zero attached hydrogens (tertiary/aromatic N) is 4. The maximum atomic E-state index is 13.0. The van der Waals surface area contributed by atoms with Crippen LogP contribution in [0.1, 0.15) is 28.2 Å². The fourth-order valence-electron chi connectivity index (χ4n) is 3.33. The van der Waals surface area contributed by atoms with Gasteiger partial charge in [0, 0.05) is 34.6 Å². The first-order valence-corrected chi connectivity index (χ1v) is 9.69. The number of anilines is 1. The number of allylic oxidation sites excluding steroid dienone is 1. The van der Waals surface area contributed by atoms with Gasteiger partial charge in [-0.3, -0.25) is 14.9 Å². The van der Waals surface area contributed by atoms with Crippen LogP contribution in [0.2, 0.25) is 0 Å². The van der Waals surface area contributed by atoms with Crippen molar-refractivity contribution >= 4 is 33.1 Å². The molecule has 0 saturated carbocycles. The summed E-state index contributed by atoms with van der Waals surface area (Å²) < 4.78 is 2.28. The summed E-state index contributed by atoms with van der Waals surface area (Å²) in [5.74, 6) is 0.612. The molecule has 1 aromatic carbocycles. The van der Waals surface area contributed by atoms with Crippen molar-refractivity contribution in [2.75, 3.05) is 5.32 Å². The lowest BCUT2D eigenvalue weighted by atomic mass is 9.90. The molecule has 0 spiro atoms. The summed E-state index contributed by atoms with van der Waals surface area (Å²) in [5.41, 5.74) is 3.40. The summed E-state index contributed by atoms with van der Waals surface area (Å²) in [6, 6.07) is 10.0. The van der Waals surface area contributed by atoms with Crippen LogP contribution in [0.4, 0.5) is 11.4 Å². The van der Waals surface area contributed by atoms with Gasteiger partial charge in [-0.2, -0.15) is 5.10 Å². The average Bonchev–Trinajstić information content (AvgIpc) is 3.06. The zero-order chi connectivity index (χ0) is 20.5. The minimum Gasteiger partial charge on any atom is -0.360 e. The Labute approximate surface area is 174 Å². The molecule has 1 N–H and O–H groups in total. The number of nitro benzene ring substituents is 1. The van der Waals surface area contributed by atoms with E-state index in [9.17, 15) is 14.9 Å². The number of aryl methyl sites for hydroxylation is 1. The summed E-state index contributed by atoms with van der Waals surface area (Å²) in [6.45, 7) is 1.82. The largest absolute Gasteiger partial charge is 0.360 e. The van der Waals surface area contributed by atoms with Gasteiger partial charge in [-0.25, -0.2) is 9.67 Å². The maximum Gasteiger partial charge on any atom is 0.270 e. The molecule has 0 bridgehead atoms. The van der Waals surface area contributed by atoms with Crippen LogP contribution < -0.4 is 5.32 Å². The number of nitro groups is 1. The van der Waals surface area contributed by atoms with E-state index in [-0.39, 0.29) is 11.5 Å². The number of hydrogen-bond donors (Lipinski definition) is 1. The molecule has 3 aromatic rings. The topological polar surface area (TPSA) is 103 Å². The monoisotopic (exact) mass is 453 g/mol. The molecule has 8 nitrogen and oxygen atoms in total. The van der Waals surface area contributed by atoms with Crippen molar-refractivity contribution in [3.8, 4) is 5.82 Å². The van der Waals surface area contributed by atoms with E-state index < -0.39 is 4.92 Å². The second-order valence-corrected chi connectivity index (χ2v) is 7.43. The Hall–Kier alpha value is -3.33. The Balaban J connectivity index is 1.61. The van der Waals surface area contributed by atoms with Gasteiger partial charge in [0.15, 0.2) is 11.6 Å². The van der Waals surface area contributed by atoms with Crippen molar-refractivity contribution in [1.29, 1.82) is 0 Å². The van der Waals surface area contributed by atoms with Crippen LogP contribution in [0, 0.1) is 17.0 Å². The van der Waals surface area contributed by atoms with E-state index in [1.807, 2.05) is 25.1 Å². The third kappa shape index (κ3) is 3.56. The van der Waals surface area contributed by atoms with Gasteiger partial charge in [0.2, 0.25) is 0 Å². The summed E-state index contributed by atoms with van der Waals surface area (Å²) in [7, 11) is 0. The number of non-ortho nitro benzene ring substituents is 1. The first-order chi connectivity index (χ1) is 14.0. The molecule has 1 aliphatic rings. The Morgan fingerprint density at radius 2 is 2.10 bits per heavy atom. The number of halogens is 1. The fourth-order valence-corrected chi connectivity index (χ4v) is 3.82. The van der Waals surface area contributed by atoms with Crippen LogP contribution in [0.15, 0.2) is 58.8 Å². The third-order valence-electron chi connectivity index (χ3n) is 4.74. The number of Topliss-reactive ketones (excluding diaryl/α,β-unsaturated/α-hetero) is 1. The first-order valence-electron chi connectivity index (χ1n) is 8.90. The van der Waals surface area contributed by atoms with Crippen LogP contribution in [0.5, 0.6) is 0 Å². The summed E-state index contributed by atoms with van der Waals surface area (Å²) in [4.78, 5) is 27.8. The summed E-state index contributed by atoms with van der Waals surface area (Å²) in [5, 5.41) is 18.5. The van der Waals surface area contributed by atoms with Crippen molar-refractivity contribution in [1.82, 2.24) is 14.8 Å². The molecule has 0 aliphatic heterocycles. The van der Waals surface area contributed by atoms with Gasteiger partial charge in [-0.05, 0) is 53.9 Å². The minimum absolute atomic E-state index is 0.00831. The van der Waals surface area contributed by atoms with Crippen LogP contribution in [-0.2, 0) is 6.42 Å². The molecule has 1 aliphatic carbocycles. The smallest absolute Gasteiger partial charge is 0.270 e. The molecular weight excluding hydrogens is 438 g/mol. The second-order valence-electron chi connectivity index (χ2n) is 6.57. The fraction of sp³-hybridized carbons (Fsp3) is 0.150. The number of ketones is 1. The molecule has 0 amide bonds. The Bertz CT molecular complexity index is 1150. The third-order valence-corrected chi connectivity index (χ3v) is 5.39. The molecule has 2 heterocycles. The van der Waals surface area contributed by atoms with E-state index in [1.165, 1.54) is 12.1 Å². The summed E-state index contributed by atoms with van der Waals surface area (Å²) in [6.07, 6.45) is 4.57. The molecule has 29 heavy (non-hydrogen) atoms. The van der Waals surface area contributed by atoms with Crippen molar-refractivity contribution in [2.45, 2.75) is 19.8 Å². The second kappa shape index (κ2) is 7.59. The molecule has 2 aromatic heterocycles. The highest BCUT2D eigenvalue weighted by atomic mass is 79.9. The van der Waals surface area contributed by atoms with Crippen LogP contribution >= 0.6 is 15.9 Å². The number of aromatic nitrogens is 3. The number of carbonyl (C=O) groups excluding carboxylic acids is 1. The number of carbonyl (C=O) groups is 1. The van der Waals surface area contributed by atoms with Gasteiger partial charge < -0.3 is 5.32 Å². The van der Waals surface area contributed by atoms with Gasteiger partial charge in [0.1, 0.15) is 0 Å². The quantitative estimate of drug-likeness (QED) is 0.357. The lowest BCUT2D eigenvalue weighted by Gasteiger charge is -2.16. The van der Waals surface area contributed by atoms with Gasteiger partial charge in [-0.1, -0.05) is 6.07 Å². The number of benzene rings is 1. The zero-order valence-corrected chi connectivity index (χ0v) is 17.0. The van der Waals surface area contributed by atoms with E-state index in [0.29, 0.717) is 45.7 Å². The van der Waals surface area contributed by atoms with Gasteiger partial charge in [0.25, 0.3) is 5.69 Å². The number of rotatable bonds is 4. The van der Waals surface area contributed by atoms with Gasteiger partial charge >= 0.3 is 0 Å². The van der Waals surface area contributed by atoms with Crippen LogP contribution in [0.3, 0.4) is 0 Å². The standard InChI is InChI=1S/C20H16BrN5O3/c1-12-19-17(25(24-12)18-4-2-3-9-22-18)8-5-13(20(19)27)11-23-16-7-6-14(26(28)29)10-15(16)21/h2-4,6-7,9-11,23H,5,8H2,1H3/b13-11+. The van der Waals surface area contributed by atoms with Crippen molar-refractivity contribution in [3.05, 3.63) is 85.9 Å². The Kier molecular flexibility index (Phi) is 4.98. The molecule has 0 fully saturated rings. The molecule has 0 unspecified atom stereocenters. The van der Waals surface area contributed by atoms with E-state index in [2.05, 4.69) is 31.3 Å². The lowest BCUT2D eigenvalue weighted by Crippen LogP contribution is -2.17. The normalized spacial score (nSPS) is 14.7. The molecule has 146 valence electrons. The molecule has 0 radical (unpaired) electrons. The average molecular weight is 454 g/mol. The van der Waals surface area contributed by atoms with Crippen LogP contribution in [0.25, 0.3) is 5.82 Å².